The van der Waals surface area contributed by atoms with E-state index < -0.39 is 0 Å². The maximum absolute atomic E-state index is 12.7. The summed E-state index contributed by atoms with van der Waals surface area (Å²) >= 11 is 0. The number of nitrogens with zero attached hydrogens (tertiary/aromatic N) is 3. The number of hydrogen-bond donors (Lipinski definition) is 1. The lowest BCUT2D eigenvalue weighted by Gasteiger charge is -2.09. The monoisotopic (exact) mass is 344 g/mol. The molecule has 26 heavy (non-hydrogen) atoms. The molecular weight excluding hydrogens is 328 g/mol. The quantitative estimate of drug-likeness (QED) is 0.731. The molecule has 0 spiro atoms. The number of ether oxygens (including phenoxy) is 1. The largest absolute Gasteiger partial charge is 0.493 e. The number of hydrogen-bond acceptors (Lipinski definition) is 6. The third kappa shape index (κ3) is 3.04. The van der Waals surface area contributed by atoms with Crippen molar-refractivity contribution in [3.8, 4) is 11.3 Å². The van der Waals surface area contributed by atoms with E-state index in [2.05, 4.69) is 21.0 Å². The first-order valence-electron chi connectivity index (χ1n) is 8.23. The summed E-state index contributed by atoms with van der Waals surface area (Å²) in [6.45, 7) is 0.699. The lowest BCUT2D eigenvalue weighted by Crippen LogP contribution is -2.10. The molecule has 0 fully saturated rings. The van der Waals surface area contributed by atoms with E-state index in [0.29, 0.717) is 17.9 Å². The van der Waals surface area contributed by atoms with E-state index in [4.69, 9.17) is 10.5 Å². The molecule has 6 heteroatoms. The smallest absolute Gasteiger partial charge is 0.216 e. The van der Waals surface area contributed by atoms with Gasteiger partial charge >= 0.3 is 0 Å². The zero-order chi connectivity index (χ0) is 17.9. The van der Waals surface area contributed by atoms with Gasteiger partial charge in [-0.25, -0.2) is 9.97 Å². The fourth-order valence-corrected chi connectivity index (χ4v) is 2.79. The summed E-state index contributed by atoms with van der Waals surface area (Å²) in [5.41, 5.74) is 8.82. The second-order valence-corrected chi connectivity index (χ2v) is 5.85. The van der Waals surface area contributed by atoms with Crippen molar-refractivity contribution in [1.82, 2.24) is 15.0 Å². The van der Waals surface area contributed by atoms with Crippen molar-refractivity contribution in [3.05, 3.63) is 77.9 Å². The lowest BCUT2D eigenvalue weighted by molar-refractivity contribution is 0.103. The number of ketones is 1. The minimum absolute atomic E-state index is 0.0978. The van der Waals surface area contributed by atoms with Crippen LogP contribution in [0.25, 0.3) is 17.0 Å². The van der Waals surface area contributed by atoms with E-state index in [9.17, 15) is 4.79 Å². The molecule has 0 aliphatic carbocycles. The minimum atomic E-state index is -0.303. The average molecular weight is 344 g/mol. The van der Waals surface area contributed by atoms with Crippen molar-refractivity contribution in [3.63, 3.8) is 0 Å². The highest BCUT2D eigenvalue weighted by Gasteiger charge is 2.17. The van der Waals surface area contributed by atoms with Gasteiger partial charge in [0.05, 0.1) is 18.5 Å². The number of pyridine rings is 1. The molecule has 1 aromatic carbocycles. The van der Waals surface area contributed by atoms with Gasteiger partial charge in [0, 0.05) is 35.5 Å². The number of nitrogens with two attached hydrogens (primary N) is 1. The Morgan fingerprint density at radius 2 is 2.00 bits per heavy atom. The molecule has 0 amide bonds. The number of nitrogen functional groups attached to an aromatic ring is 1. The van der Waals surface area contributed by atoms with E-state index in [-0.39, 0.29) is 17.3 Å². The van der Waals surface area contributed by atoms with Crippen LogP contribution in [0.5, 0.6) is 0 Å². The molecule has 1 aliphatic rings. The molecule has 3 heterocycles. The summed E-state index contributed by atoms with van der Waals surface area (Å²) < 4.78 is 5.61. The molecule has 0 atom stereocenters. The van der Waals surface area contributed by atoms with E-state index in [1.54, 1.807) is 24.5 Å². The Bertz CT molecular complexity index is 1000. The Labute approximate surface area is 150 Å². The van der Waals surface area contributed by atoms with Crippen LogP contribution in [0.2, 0.25) is 0 Å². The van der Waals surface area contributed by atoms with Gasteiger partial charge in [0.1, 0.15) is 5.76 Å². The van der Waals surface area contributed by atoms with Crippen molar-refractivity contribution in [2.75, 3.05) is 12.3 Å². The minimum Gasteiger partial charge on any atom is -0.493 e. The van der Waals surface area contributed by atoms with Gasteiger partial charge in [-0.15, -0.1) is 0 Å². The third-order valence-electron chi connectivity index (χ3n) is 4.09. The van der Waals surface area contributed by atoms with Crippen LogP contribution in [0.15, 0.2) is 61.1 Å². The molecule has 4 rings (SSSR count). The van der Waals surface area contributed by atoms with Gasteiger partial charge in [-0.05, 0) is 24.3 Å². The maximum atomic E-state index is 12.7. The number of anilines is 1. The number of carbonyl (C=O) groups excluding carboxylic acids is 1. The predicted octanol–water partition coefficient (Wildman–Crippen LogP) is 3.11. The number of rotatable bonds is 4. The molecule has 6 nitrogen and oxygen atoms in total. The van der Waals surface area contributed by atoms with Gasteiger partial charge < -0.3 is 10.5 Å². The molecule has 128 valence electrons. The van der Waals surface area contributed by atoms with Crippen LogP contribution in [0, 0.1) is 0 Å². The molecule has 0 saturated carbocycles. The van der Waals surface area contributed by atoms with E-state index in [1.807, 2.05) is 24.3 Å². The Kier molecular flexibility index (Phi) is 4.15. The van der Waals surface area contributed by atoms with Crippen molar-refractivity contribution in [2.24, 2.45) is 0 Å². The molecular formula is C20H16N4O2. The van der Waals surface area contributed by atoms with Gasteiger partial charge in [-0.1, -0.05) is 18.2 Å². The van der Waals surface area contributed by atoms with Crippen LogP contribution in [0.3, 0.4) is 0 Å². The summed E-state index contributed by atoms with van der Waals surface area (Å²) in [6.07, 6.45) is 7.63. The Morgan fingerprint density at radius 3 is 2.77 bits per heavy atom. The number of aromatic nitrogens is 3. The van der Waals surface area contributed by atoms with Gasteiger partial charge in [0.15, 0.2) is 11.5 Å². The molecule has 2 aromatic heterocycles. The normalized spacial score (nSPS) is 13.2. The van der Waals surface area contributed by atoms with E-state index in [0.717, 1.165) is 23.3 Å². The Balaban J connectivity index is 1.72. The Morgan fingerprint density at radius 1 is 1.12 bits per heavy atom. The predicted molar refractivity (Wildman–Crippen MR) is 98.1 cm³/mol. The first-order chi connectivity index (χ1) is 12.7. The molecule has 0 unspecified atom stereocenters. The number of carbonyl (C=O) groups is 1. The molecule has 0 bridgehead atoms. The summed E-state index contributed by atoms with van der Waals surface area (Å²) in [4.78, 5) is 25.3. The second-order valence-electron chi connectivity index (χ2n) is 5.85. The van der Waals surface area contributed by atoms with Gasteiger partial charge in [0.25, 0.3) is 0 Å². The zero-order valence-corrected chi connectivity index (χ0v) is 13.9. The van der Waals surface area contributed by atoms with Gasteiger partial charge in [-0.2, -0.15) is 0 Å². The topological polar surface area (TPSA) is 91.0 Å². The van der Waals surface area contributed by atoms with Crippen LogP contribution in [-0.4, -0.2) is 27.3 Å². The van der Waals surface area contributed by atoms with Crippen LogP contribution >= 0.6 is 0 Å². The second kappa shape index (κ2) is 6.76. The lowest BCUT2D eigenvalue weighted by atomic mass is 10.1. The highest BCUT2D eigenvalue weighted by atomic mass is 16.5. The van der Waals surface area contributed by atoms with E-state index in [1.165, 1.54) is 6.20 Å². The molecule has 3 aromatic rings. The van der Waals surface area contributed by atoms with Crippen molar-refractivity contribution >= 4 is 17.4 Å². The molecule has 0 radical (unpaired) electrons. The maximum Gasteiger partial charge on any atom is 0.216 e. The summed E-state index contributed by atoms with van der Waals surface area (Å²) in [5, 5.41) is 0. The van der Waals surface area contributed by atoms with Gasteiger partial charge in [-0.3, -0.25) is 9.78 Å². The number of benzene rings is 1. The van der Waals surface area contributed by atoms with Crippen molar-refractivity contribution < 1.29 is 9.53 Å². The van der Waals surface area contributed by atoms with Crippen LogP contribution in [0.1, 0.15) is 28.0 Å². The van der Waals surface area contributed by atoms with E-state index >= 15 is 0 Å². The average Bonchev–Trinajstić information content (AvgIpc) is 3.23. The summed E-state index contributed by atoms with van der Waals surface area (Å²) in [6, 6.07) is 11.2. The van der Waals surface area contributed by atoms with Crippen molar-refractivity contribution in [1.29, 1.82) is 0 Å². The standard InChI is InChI=1S/C20H16N4O2/c21-20-18(19(25)15-6-2-8-22-11-15)24-16(12-23-20)13-4-1-5-14(10-13)17-7-3-9-26-17/h1-2,4-8,10-12H,3,9H2,(H2,21,23). The van der Waals surface area contributed by atoms with Crippen LogP contribution < -0.4 is 5.73 Å². The fraction of sp³-hybridized carbons (Fsp3) is 0.100. The zero-order valence-electron chi connectivity index (χ0n) is 13.9. The first-order valence-corrected chi connectivity index (χ1v) is 8.23. The van der Waals surface area contributed by atoms with Crippen LogP contribution in [-0.2, 0) is 4.74 Å². The SMILES string of the molecule is Nc1ncc(-c2cccc(C3=CCCO3)c2)nc1C(=O)c1cccnc1. The third-order valence-corrected chi connectivity index (χ3v) is 4.09. The highest BCUT2D eigenvalue weighted by Crippen LogP contribution is 2.27. The first kappa shape index (κ1) is 16.0. The van der Waals surface area contributed by atoms with Crippen molar-refractivity contribution in [2.45, 2.75) is 6.42 Å². The molecule has 2 N–H and O–H groups in total. The van der Waals surface area contributed by atoms with Gasteiger partial charge in [0.2, 0.25) is 5.78 Å². The molecule has 0 saturated heterocycles. The molecule has 1 aliphatic heterocycles. The summed E-state index contributed by atoms with van der Waals surface area (Å²) in [5.74, 6) is 0.658. The summed E-state index contributed by atoms with van der Waals surface area (Å²) in [7, 11) is 0. The van der Waals surface area contributed by atoms with Crippen LogP contribution in [0.4, 0.5) is 5.82 Å². The Hall–Kier alpha value is -3.54. The fourth-order valence-electron chi connectivity index (χ4n) is 2.79. The highest BCUT2D eigenvalue weighted by molar-refractivity contribution is 6.10.